The zero-order chi connectivity index (χ0) is 51.1. The quantitative estimate of drug-likeness (QED) is 0.160. The fourth-order valence-electron chi connectivity index (χ4n) is 16.1. The first-order chi connectivity index (χ1) is 37.9. The van der Waals surface area contributed by atoms with Crippen molar-refractivity contribution >= 4 is 74.2 Å². The van der Waals surface area contributed by atoms with Gasteiger partial charge in [-0.1, -0.05) is 142 Å². The third-order valence-electron chi connectivity index (χ3n) is 19.6. The van der Waals surface area contributed by atoms with E-state index in [2.05, 4.69) is 185 Å². The summed E-state index contributed by atoms with van der Waals surface area (Å²) < 4.78 is 5.43. The van der Waals surface area contributed by atoms with Crippen LogP contribution in [0.25, 0.3) is 33.4 Å². The Morgan fingerprint density at radius 3 is 1.92 bits per heavy atom. The van der Waals surface area contributed by atoms with E-state index in [-0.39, 0.29) is 12.1 Å². The number of hydrogen-bond acceptors (Lipinski definition) is 3. The largest absolute Gasteiger partial charge is 0.337 e. The van der Waals surface area contributed by atoms with E-state index in [4.69, 9.17) is 0 Å². The van der Waals surface area contributed by atoms with Crippen LogP contribution in [0.3, 0.4) is 0 Å². The van der Waals surface area contributed by atoms with Crippen LogP contribution < -0.4 is 26.2 Å². The van der Waals surface area contributed by atoms with Crippen molar-refractivity contribution in [1.29, 1.82) is 0 Å². The van der Waals surface area contributed by atoms with Gasteiger partial charge < -0.3 is 18.9 Å². The smallest absolute Gasteiger partial charge is 0.249 e. The molecule has 0 amide bonds. The molecule has 4 aliphatic carbocycles. The van der Waals surface area contributed by atoms with E-state index in [1.807, 2.05) is 11.8 Å². The van der Waals surface area contributed by atoms with Crippen molar-refractivity contribution < 1.29 is 0 Å². The molecule has 2 atom stereocenters. The number of fused-ring (bicyclic) bond motifs is 13. The van der Waals surface area contributed by atoms with Gasteiger partial charge in [0.2, 0.25) is 6.71 Å². The molecule has 0 spiro atoms. The van der Waals surface area contributed by atoms with Crippen molar-refractivity contribution in [3.63, 3.8) is 0 Å². The molecule has 6 heteroatoms. The normalized spacial score (nSPS) is 19.1. The molecule has 4 nitrogen and oxygen atoms in total. The van der Waals surface area contributed by atoms with E-state index in [0.29, 0.717) is 12.0 Å². The molecule has 7 aliphatic rings. The molecule has 0 N–H and O–H groups in total. The van der Waals surface area contributed by atoms with Crippen LogP contribution in [0, 0.1) is 0 Å². The Labute approximate surface area is 460 Å². The summed E-state index contributed by atoms with van der Waals surface area (Å²) >= 11 is 2.05. The molecular weight excluding hydrogens is 952 g/mol. The number of nitrogens with zero attached hydrogens (tertiary/aromatic N) is 4. The fourth-order valence-corrected chi connectivity index (χ4v) is 17.3. The maximum absolute atomic E-state index is 2.82. The average Bonchev–Trinajstić information content (AvgIpc) is 4.14. The summed E-state index contributed by atoms with van der Waals surface area (Å²) in [6.45, 7) is 7.15. The highest BCUT2D eigenvalue weighted by Crippen LogP contribution is 2.54. The minimum absolute atomic E-state index is 0.0232. The first kappa shape index (κ1) is 46.5. The molecule has 0 radical (unpaired) electrons. The second-order valence-electron chi connectivity index (χ2n) is 24.9. The third-order valence-corrected chi connectivity index (χ3v) is 20.7. The van der Waals surface area contributed by atoms with Crippen LogP contribution in [0.1, 0.15) is 142 Å². The molecule has 1 fully saturated rings. The molecule has 2 unspecified atom stereocenters. The van der Waals surface area contributed by atoms with Crippen molar-refractivity contribution in [2.75, 3.05) is 9.80 Å². The van der Waals surface area contributed by atoms with Gasteiger partial charge in [-0.05, 0) is 200 Å². The van der Waals surface area contributed by atoms with E-state index >= 15 is 0 Å². The van der Waals surface area contributed by atoms with Crippen molar-refractivity contribution in [2.45, 2.75) is 157 Å². The predicted octanol–water partition coefficient (Wildman–Crippen LogP) is 16.4. The Kier molecular flexibility index (Phi) is 10.8. The standard InChI is InChI=1S/C71H69BN4S/c1-71(2,3)46-34-39-65(56(40-46)45-20-6-4-7-21-45)76-66-41-47(73-59-29-15-10-23-51(59)52-24-11-16-30-60(52)73)35-37-57(66)72-58-38-36-48(74-61-31-17-12-25-53(61)54-26-13-18-32-62(54)74)43-68(58)77-69-44-49(42-67(76)70(69)72)75-63-28-9-5-8-22-50(63)55-27-14-19-33-64(55)75/h4,6-7,10,14-15,19-21,23,27,29,33-44,50,63H,5,8-9,11-13,16-18,22,24-26,28,30-32H2,1-3H3. The molecule has 1 saturated carbocycles. The van der Waals surface area contributed by atoms with Crippen LogP contribution in [0.2, 0.25) is 0 Å². The first-order valence-electron chi connectivity index (χ1n) is 29.7. The highest BCUT2D eigenvalue weighted by molar-refractivity contribution is 8.00. The van der Waals surface area contributed by atoms with Crippen molar-refractivity contribution in [3.05, 3.63) is 190 Å². The van der Waals surface area contributed by atoms with Gasteiger partial charge in [-0.3, -0.25) is 0 Å². The summed E-state index contributed by atoms with van der Waals surface area (Å²) in [5.41, 5.74) is 29.9. The highest BCUT2D eigenvalue weighted by atomic mass is 32.2. The molecule has 3 aliphatic heterocycles. The number of aromatic nitrogens is 2. The topological polar surface area (TPSA) is 16.3 Å². The first-order valence-corrected chi connectivity index (χ1v) is 30.6. The number of rotatable bonds is 5. The van der Waals surface area contributed by atoms with Gasteiger partial charge in [0.15, 0.2) is 0 Å². The van der Waals surface area contributed by atoms with Crippen LogP contribution >= 0.6 is 11.8 Å². The zero-order valence-corrected chi connectivity index (χ0v) is 46.1. The summed E-state index contributed by atoms with van der Waals surface area (Å²) in [4.78, 5) is 8.38. The lowest BCUT2D eigenvalue weighted by atomic mass is 9.35. The lowest BCUT2D eigenvalue weighted by molar-refractivity contribution is 0.529. The third kappa shape index (κ3) is 7.18. The Balaban J connectivity index is 0.981. The monoisotopic (exact) mass is 1020 g/mol. The van der Waals surface area contributed by atoms with Gasteiger partial charge in [-0.2, -0.15) is 0 Å². The predicted molar refractivity (Wildman–Crippen MR) is 325 cm³/mol. The minimum Gasteiger partial charge on any atom is -0.337 e. The molecule has 0 bridgehead atoms. The molecule has 0 saturated heterocycles. The lowest BCUT2D eigenvalue weighted by Gasteiger charge is -2.42. The van der Waals surface area contributed by atoms with Crippen molar-refractivity contribution in [1.82, 2.24) is 9.13 Å². The fraction of sp³-hybridized carbons (Fsp3) is 0.324. The second kappa shape index (κ2) is 18.0. The van der Waals surface area contributed by atoms with Gasteiger partial charge in [-0.25, -0.2) is 0 Å². The number of para-hydroxylation sites is 2. The summed E-state index contributed by atoms with van der Waals surface area (Å²) in [5, 5.41) is 1.42. The molecule has 77 heavy (non-hydrogen) atoms. The molecule has 7 aromatic carbocycles. The molecule has 2 aromatic heterocycles. The summed E-state index contributed by atoms with van der Waals surface area (Å²) in [6.07, 6.45) is 21.2. The van der Waals surface area contributed by atoms with E-state index in [1.54, 1.807) is 33.6 Å². The van der Waals surface area contributed by atoms with Gasteiger partial charge in [0.1, 0.15) is 0 Å². The van der Waals surface area contributed by atoms with Crippen LogP contribution in [-0.2, 0) is 43.9 Å². The van der Waals surface area contributed by atoms with Gasteiger partial charge in [0.05, 0.1) is 11.2 Å². The van der Waals surface area contributed by atoms with E-state index in [0.717, 1.165) is 12.8 Å². The maximum atomic E-state index is 2.82. The van der Waals surface area contributed by atoms with E-state index in [1.165, 1.54) is 196 Å². The van der Waals surface area contributed by atoms with Gasteiger partial charge in [0.25, 0.3) is 0 Å². The molecule has 9 aromatic rings. The highest BCUT2D eigenvalue weighted by Gasteiger charge is 2.45. The Morgan fingerprint density at radius 2 is 1.13 bits per heavy atom. The summed E-state index contributed by atoms with van der Waals surface area (Å²) in [5.74, 6) is 0.541. The Hall–Kier alpha value is -6.63. The second-order valence-corrected chi connectivity index (χ2v) is 26.0. The van der Waals surface area contributed by atoms with Crippen LogP contribution in [0.4, 0.5) is 28.4 Å². The number of aryl methyl sites for hydroxylation is 1. The molecule has 5 heterocycles. The van der Waals surface area contributed by atoms with Crippen LogP contribution in [0.15, 0.2) is 155 Å². The zero-order valence-electron chi connectivity index (χ0n) is 45.3. The van der Waals surface area contributed by atoms with Gasteiger partial charge in [-0.15, -0.1) is 0 Å². The summed E-state index contributed by atoms with van der Waals surface area (Å²) in [7, 11) is 0. The lowest BCUT2D eigenvalue weighted by Crippen LogP contribution is -2.60. The average molecular weight is 1020 g/mol. The Morgan fingerprint density at radius 1 is 0.481 bits per heavy atom. The number of anilines is 5. The van der Waals surface area contributed by atoms with Crippen molar-refractivity contribution in [2.24, 2.45) is 0 Å². The maximum Gasteiger partial charge on any atom is 0.249 e. The van der Waals surface area contributed by atoms with E-state index < -0.39 is 0 Å². The molecule has 16 rings (SSSR count). The number of hydrogen-bond donors (Lipinski definition) is 0. The summed E-state index contributed by atoms with van der Waals surface area (Å²) in [6, 6.07) is 58.5. The van der Waals surface area contributed by atoms with Crippen molar-refractivity contribution in [3.8, 4) is 22.5 Å². The number of benzene rings is 7. The van der Waals surface area contributed by atoms with E-state index in [9.17, 15) is 0 Å². The van der Waals surface area contributed by atoms with Gasteiger partial charge in [0, 0.05) is 83.9 Å². The Bertz CT molecular complexity index is 3840. The SMILES string of the molecule is CC(C)(C)c1ccc(N2c3cc(-n4c5c(c6ccccc64)CCCC5)ccc3B3c4ccc(-n5c6c(c7c5CCCC7)CCCC6)cc4Sc4cc(N5c6ccccc6C6CCCCCC65)cc2c43)c(-c2ccccc2)c1. The van der Waals surface area contributed by atoms with Crippen LogP contribution in [0.5, 0.6) is 0 Å². The molecule has 382 valence electrons. The van der Waals surface area contributed by atoms with Crippen LogP contribution in [-0.4, -0.2) is 21.9 Å². The minimum atomic E-state index is -0.0232. The molecular formula is C71H69BN4S. The van der Waals surface area contributed by atoms with Gasteiger partial charge >= 0.3 is 0 Å².